The molecule has 2 aliphatic carbocycles. The van der Waals surface area contributed by atoms with Crippen LogP contribution in [0.25, 0.3) is 0 Å². The fourth-order valence-electron chi connectivity index (χ4n) is 3.64. The molecule has 2 rings (SSSR count). The number of ketones is 1. The Morgan fingerprint density at radius 1 is 1.14 bits per heavy atom. The van der Waals surface area contributed by atoms with Crippen molar-refractivity contribution < 1.29 is 23.9 Å². The van der Waals surface area contributed by atoms with Gasteiger partial charge in [0.2, 0.25) is 0 Å². The number of hydrogen-bond acceptors (Lipinski definition) is 5. The predicted molar refractivity (Wildman–Crippen MR) is 80.0 cm³/mol. The molecule has 22 heavy (non-hydrogen) atoms. The van der Waals surface area contributed by atoms with E-state index in [9.17, 15) is 14.4 Å². The maximum atomic E-state index is 12.4. The minimum Gasteiger partial charge on any atom is -0.465 e. The Bertz CT molecular complexity index is 499. The van der Waals surface area contributed by atoms with Crippen molar-refractivity contribution in [1.29, 1.82) is 0 Å². The minimum atomic E-state index is -1.26. The van der Waals surface area contributed by atoms with Gasteiger partial charge in [0.05, 0.1) is 13.2 Å². The molecule has 0 saturated heterocycles. The van der Waals surface area contributed by atoms with Crippen molar-refractivity contribution in [3.63, 3.8) is 0 Å². The predicted octanol–water partition coefficient (Wildman–Crippen LogP) is 2.58. The van der Waals surface area contributed by atoms with Crippen molar-refractivity contribution in [1.82, 2.24) is 0 Å². The van der Waals surface area contributed by atoms with Crippen LogP contribution in [-0.4, -0.2) is 30.9 Å². The van der Waals surface area contributed by atoms with E-state index in [1.165, 1.54) is 0 Å². The number of rotatable bonds is 6. The third-order valence-electron chi connectivity index (χ3n) is 4.57. The van der Waals surface area contributed by atoms with Gasteiger partial charge in [0.1, 0.15) is 0 Å². The number of carbonyl (C=O) groups excluding carboxylic acids is 3. The number of hydrogen-bond donors (Lipinski definition) is 0. The molecule has 122 valence electrons. The lowest BCUT2D eigenvalue weighted by atomic mass is 9.83. The lowest BCUT2D eigenvalue weighted by Crippen LogP contribution is -2.40. The van der Waals surface area contributed by atoms with Crippen molar-refractivity contribution in [2.24, 2.45) is 11.3 Å². The van der Waals surface area contributed by atoms with Gasteiger partial charge in [-0.25, -0.2) is 0 Å². The maximum absolute atomic E-state index is 12.4. The summed E-state index contributed by atoms with van der Waals surface area (Å²) < 4.78 is 10.3. The van der Waals surface area contributed by atoms with Crippen LogP contribution in [0.4, 0.5) is 0 Å². The van der Waals surface area contributed by atoms with E-state index >= 15 is 0 Å². The van der Waals surface area contributed by atoms with Crippen LogP contribution >= 0.6 is 0 Å². The summed E-state index contributed by atoms with van der Waals surface area (Å²) in [5, 5.41) is 0. The van der Waals surface area contributed by atoms with Gasteiger partial charge in [0.15, 0.2) is 11.2 Å². The van der Waals surface area contributed by atoms with Crippen molar-refractivity contribution in [2.45, 2.75) is 52.9 Å². The molecule has 1 saturated carbocycles. The Labute approximate surface area is 131 Å². The van der Waals surface area contributed by atoms with Gasteiger partial charge in [-0.1, -0.05) is 18.9 Å². The zero-order valence-corrected chi connectivity index (χ0v) is 13.6. The smallest absolute Gasteiger partial charge is 0.323 e. The molecular formula is C17H24O5. The van der Waals surface area contributed by atoms with Gasteiger partial charge in [-0.2, -0.15) is 0 Å². The highest BCUT2D eigenvalue weighted by atomic mass is 16.6. The molecule has 1 atom stereocenters. The standard InChI is InChI=1S/C17H24O5/c1-4-7-12-13-10-17(15(19)21-5-2,16(20)22-6-3)9-11(13)8-14(12)18/h11H,4-10H2,1-3H3. The van der Waals surface area contributed by atoms with Crippen molar-refractivity contribution >= 4 is 17.7 Å². The normalized spacial score (nSPS) is 22.7. The molecule has 0 aliphatic heterocycles. The zero-order chi connectivity index (χ0) is 16.3. The Hall–Kier alpha value is -1.65. The van der Waals surface area contributed by atoms with E-state index < -0.39 is 17.4 Å². The van der Waals surface area contributed by atoms with Crippen molar-refractivity contribution in [2.75, 3.05) is 13.2 Å². The molecule has 0 N–H and O–H groups in total. The number of fused-ring (bicyclic) bond motifs is 1. The molecule has 0 radical (unpaired) electrons. The summed E-state index contributed by atoms with van der Waals surface area (Å²) in [5.41, 5.74) is 0.544. The summed E-state index contributed by atoms with van der Waals surface area (Å²) >= 11 is 0. The molecule has 0 spiro atoms. The highest BCUT2D eigenvalue weighted by molar-refractivity contribution is 6.04. The molecule has 0 aromatic carbocycles. The average Bonchev–Trinajstić information content (AvgIpc) is 2.97. The summed E-state index contributed by atoms with van der Waals surface area (Å²) in [6.45, 7) is 5.91. The van der Waals surface area contributed by atoms with Crippen LogP contribution in [0.2, 0.25) is 0 Å². The third kappa shape index (κ3) is 2.69. The highest BCUT2D eigenvalue weighted by Gasteiger charge is 2.58. The molecule has 1 unspecified atom stereocenters. The van der Waals surface area contributed by atoms with E-state index in [0.717, 1.165) is 17.6 Å². The Kier molecular flexibility index (Phi) is 5.04. The molecule has 0 amide bonds. The maximum Gasteiger partial charge on any atom is 0.323 e. The van der Waals surface area contributed by atoms with E-state index in [-0.39, 0.29) is 31.3 Å². The molecule has 0 bridgehead atoms. The van der Waals surface area contributed by atoms with Crippen LogP contribution in [-0.2, 0) is 23.9 Å². The van der Waals surface area contributed by atoms with Gasteiger partial charge < -0.3 is 9.47 Å². The Balaban J connectivity index is 2.36. The number of allylic oxidation sites excluding steroid dienone is 2. The first-order chi connectivity index (χ1) is 10.5. The van der Waals surface area contributed by atoms with Gasteiger partial charge in [-0.05, 0) is 44.6 Å². The van der Waals surface area contributed by atoms with Crippen LogP contribution in [0.5, 0.6) is 0 Å². The van der Waals surface area contributed by atoms with E-state index in [0.29, 0.717) is 19.3 Å². The van der Waals surface area contributed by atoms with Gasteiger partial charge in [-0.3, -0.25) is 14.4 Å². The van der Waals surface area contributed by atoms with Gasteiger partial charge >= 0.3 is 11.9 Å². The number of ether oxygens (including phenoxy) is 2. The monoisotopic (exact) mass is 308 g/mol. The lowest BCUT2D eigenvalue weighted by molar-refractivity contribution is -0.171. The molecule has 2 aliphatic rings. The highest BCUT2D eigenvalue weighted by Crippen LogP contribution is 2.53. The molecule has 5 heteroatoms. The topological polar surface area (TPSA) is 69.7 Å². The van der Waals surface area contributed by atoms with Crippen molar-refractivity contribution in [3.8, 4) is 0 Å². The Morgan fingerprint density at radius 3 is 2.23 bits per heavy atom. The van der Waals surface area contributed by atoms with Gasteiger partial charge in [0, 0.05) is 6.42 Å². The van der Waals surface area contributed by atoms with Crippen LogP contribution in [0.1, 0.15) is 52.9 Å². The fourth-order valence-corrected chi connectivity index (χ4v) is 3.64. The summed E-state index contributed by atoms with van der Waals surface area (Å²) in [7, 11) is 0. The van der Waals surface area contributed by atoms with E-state index in [1.54, 1.807) is 13.8 Å². The lowest BCUT2D eigenvalue weighted by Gasteiger charge is -2.24. The molecule has 0 aromatic rings. The third-order valence-corrected chi connectivity index (χ3v) is 4.57. The fraction of sp³-hybridized carbons (Fsp3) is 0.706. The van der Waals surface area contributed by atoms with Crippen LogP contribution in [0.15, 0.2) is 11.1 Å². The second-order valence-corrected chi connectivity index (χ2v) is 5.98. The molecule has 0 heterocycles. The summed E-state index contributed by atoms with van der Waals surface area (Å²) in [4.78, 5) is 37.0. The van der Waals surface area contributed by atoms with E-state index in [2.05, 4.69) is 0 Å². The van der Waals surface area contributed by atoms with Crippen LogP contribution in [0.3, 0.4) is 0 Å². The second kappa shape index (κ2) is 6.63. The molecule has 5 nitrogen and oxygen atoms in total. The van der Waals surface area contributed by atoms with Crippen LogP contribution in [0, 0.1) is 11.3 Å². The number of carbonyl (C=O) groups is 3. The SMILES string of the molecule is CCCC1=C2CC(C(=O)OCC)(C(=O)OCC)CC2CC1=O. The zero-order valence-electron chi connectivity index (χ0n) is 13.6. The minimum absolute atomic E-state index is 0.0112. The summed E-state index contributed by atoms with van der Waals surface area (Å²) in [6.07, 6.45) is 2.61. The van der Waals surface area contributed by atoms with E-state index in [1.807, 2.05) is 6.92 Å². The van der Waals surface area contributed by atoms with Gasteiger partial charge in [-0.15, -0.1) is 0 Å². The molecule has 0 aromatic heterocycles. The first-order valence-electron chi connectivity index (χ1n) is 8.09. The van der Waals surface area contributed by atoms with Crippen molar-refractivity contribution in [3.05, 3.63) is 11.1 Å². The summed E-state index contributed by atoms with van der Waals surface area (Å²) in [5.74, 6) is -0.872. The number of esters is 2. The molecule has 1 fully saturated rings. The van der Waals surface area contributed by atoms with Crippen LogP contribution < -0.4 is 0 Å². The number of Topliss-reactive ketones (excluding diaryl/α,β-unsaturated/α-hetero) is 1. The first kappa shape index (κ1) is 16.7. The van der Waals surface area contributed by atoms with E-state index in [4.69, 9.17) is 9.47 Å². The summed E-state index contributed by atoms with van der Waals surface area (Å²) in [6, 6.07) is 0. The molecular weight excluding hydrogens is 284 g/mol. The second-order valence-electron chi connectivity index (χ2n) is 5.98. The largest absolute Gasteiger partial charge is 0.465 e. The average molecular weight is 308 g/mol. The first-order valence-corrected chi connectivity index (χ1v) is 8.09. The quantitative estimate of drug-likeness (QED) is 0.557. The Morgan fingerprint density at radius 2 is 1.73 bits per heavy atom. The van der Waals surface area contributed by atoms with Gasteiger partial charge in [0.25, 0.3) is 0 Å².